The third-order valence-corrected chi connectivity index (χ3v) is 3.25. The van der Waals surface area contributed by atoms with Crippen molar-refractivity contribution < 1.29 is 4.79 Å². The summed E-state index contributed by atoms with van der Waals surface area (Å²) < 4.78 is 0. The van der Waals surface area contributed by atoms with Crippen LogP contribution in [0.5, 0.6) is 0 Å². The summed E-state index contributed by atoms with van der Waals surface area (Å²) in [5.41, 5.74) is 2.38. The molecular weight excluding hydrogens is 246 g/mol. The fourth-order valence-electron chi connectivity index (χ4n) is 2.21. The van der Waals surface area contributed by atoms with Crippen LogP contribution in [0.1, 0.15) is 15.9 Å². The maximum Gasteiger partial charge on any atom is 0.256 e. The molecule has 3 aromatic rings. The molecule has 0 atom stereocenters. The van der Waals surface area contributed by atoms with Gasteiger partial charge in [0.25, 0.3) is 5.91 Å². The van der Waals surface area contributed by atoms with E-state index in [1.807, 2.05) is 66.7 Å². The summed E-state index contributed by atoms with van der Waals surface area (Å²) in [4.78, 5) is 12.4. The first-order chi connectivity index (χ1) is 9.74. The lowest BCUT2D eigenvalue weighted by molar-refractivity contribution is 0.102. The minimum Gasteiger partial charge on any atom is -0.322 e. The molecule has 0 aliphatic carbocycles. The topological polar surface area (TPSA) is 29.1 Å². The van der Waals surface area contributed by atoms with Crippen molar-refractivity contribution in [3.8, 4) is 0 Å². The molecule has 1 amide bonds. The molecule has 0 aromatic heterocycles. The van der Waals surface area contributed by atoms with Crippen molar-refractivity contribution in [3.05, 3.63) is 84.8 Å². The predicted octanol–water partition coefficient (Wildman–Crippen LogP) is 4.27. The van der Waals surface area contributed by atoms with E-state index in [9.17, 15) is 4.79 Å². The first kappa shape index (κ1) is 12.4. The number of fused-ring (bicyclic) bond motifs is 1. The molecule has 3 aromatic carbocycles. The van der Waals surface area contributed by atoms with Crippen molar-refractivity contribution in [1.82, 2.24) is 0 Å². The van der Waals surface area contributed by atoms with E-state index in [-0.39, 0.29) is 5.91 Å². The summed E-state index contributed by atoms with van der Waals surface area (Å²) in [5.74, 6) is -0.0985. The van der Waals surface area contributed by atoms with Crippen molar-refractivity contribution >= 4 is 22.4 Å². The van der Waals surface area contributed by atoms with E-state index < -0.39 is 0 Å². The number of rotatable bonds is 2. The first-order valence-corrected chi connectivity index (χ1v) is 6.45. The van der Waals surface area contributed by atoms with Crippen LogP contribution in [0.3, 0.4) is 0 Å². The van der Waals surface area contributed by atoms with Gasteiger partial charge < -0.3 is 5.32 Å². The average molecular weight is 260 g/mol. The zero-order valence-electron chi connectivity index (χ0n) is 11.0. The minimum absolute atomic E-state index is 0.0985. The summed E-state index contributed by atoms with van der Waals surface area (Å²) in [6.45, 7) is 3.83. The molecule has 0 spiro atoms. The number of nitrogens with one attached hydrogen (secondary N) is 1. The summed E-state index contributed by atoms with van der Waals surface area (Å²) in [7, 11) is 0. The minimum atomic E-state index is -0.0985. The molecule has 0 aliphatic rings. The standard InChI is InChI=1S/C18H14NO/c1-13-9-11-15(12-10-13)19-18(20)17-8-4-6-14-5-2-3-7-16(14)17/h2-12H,1H2,(H,19,20). The molecule has 3 rings (SSSR count). The van der Waals surface area contributed by atoms with Gasteiger partial charge in [0.2, 0.25) is 0 Å². The van der Waals surface area contributed by atoms with Crippen LogP contribution < -0.4 is 5.32 Å². The highest BCUT2D eigenvalue weighted by Crippen LogP contribution is 2.20. The lowest BCUT2D eigenvalue weighted by Gasteiger charge is -2.08. The number of benzene rings is 3. The first-order valence-electron chi connectivity index (χ1n) is 6.45. The van der Waals surface area contributed by atoms with Crippen LogP contribution in [-0.4, -0.2) is 5.91 Å². The average Bonchev–Trinajstić information content (AvgIpc) is 2.49. The maximum atomic E-state index is 12.4. The summed E-state index contributed by atoms with van der Waals surface area (Å²) in [6, 6.07) is 21.1. The van der Waals surface area contributed by atoms with Gasteiger partial charge in [-0.05, 0) is 41.5 Å². The third-order valence-electron chi connectivity index (χ3n) is 3.25. The summed E-state index contributed by atoms with van der Waals surface area (Å²) in [6.07, 6.45) is 0. The largest absolute Gasteiger partial charge is 0.322 e. The van der Waals surface area contributed by atoms with E-state index in [0.717, 1.165) is 22.0 Å². The Morgan fingerprint density at radius 2 is 1.55 bits per heavy atom. The Morgan fingerprint density at radius 1 is 0.850 bits per heavy atom. The molecule has 20 heavy (non-hydrogen) atoms. The van der Waals surface area contributed by atoms with Gasteiger partial charge in [-0.15, -0.1) is 0 Å². The number of hydrogen-bond acceptors (Lipinski definition) is 1. The van der Waals surface area contributed by atoms with Gasteiger partial charge in [0.1, 0.15) is 0 Å². The van der Waals surface area contributed by atoms with Gasteiger partial charge in [-0.25, -0.2) is 0 Å². The zero-order chi connectivity index (χ0) is 13.9. The molecule has 0 fully saturated rings. The van der Waals surface area contributed by atoms with Gasteiger partial charge in [-0.2, -0.15) is 0 Å². The van der Waals surface area contributed by atoms with Crippen LogP contribution in [-0.2, 0) is 0 Å². The molecule has 97 valence electrons. The Balaban J connectivity index is 1.94. The van der Waals surface area contributed by atoms with Crippen LogP contribution in [0.2, 0.25) is 0 Å². The van der Waals surface area contributed by atoms with Crippen LogP contribution in [0.15, 0.2) is 66.7 Å². The fraction of sp³-hybridized carbons (Fsp3) is 0. The third kappa shape index (κ3) is 2.41. The highest BCUT2D eigenvalue weighted by Gasteiger charge is 2.09. The van der Waals surface area contributed by atoms with Gasteiger partial charge in [-0.1, -0.05) is 48.5 Å². The molecule has 0 saturated carbocycles. The molecule has 1 N–H and O–H groups in total. The van der Waals surface area contributed by atoms with E-state index in [1.165, 1.54) is 0 Å². The van der Waals surface area contributed by atoms with Crippen LogP contribution in [0.25, 0.3) is 10.8 Å². The van der Waals surface area contributed by atoms with Crippen molar-refractivity contribution in [2.75, 3.05) is 5.32 Å². The molecule has 0 saturated heterocycles. The molecule has 1 radical (unpaired) electrons. The van der Waals surface area contributed by atoms with Gasteiger partial charge in [-0.3, -0.25) is 4.79 Å². The number of amides is 1. The second-order valence-corrected chi connectivity index (χ2v) is 4.68. The Kier molecular flexibility index (Phi) is 3.21. The van der Waals surface area contributed by atoms with E-state index in [4.69, 9.17) is 0 Å². The lowest BCUT2D eigenvalue weighted by atomic mass is 10.0. The molecule has 2 heteroatoms. The second kappa shape index (κ2) is 5.17. The fourth-order valence-corrected chi connectivity index (χ4v) is 2.21. The Morgan fingerprint density at radius 3 is 2.35 bits per heavy atom. The Bertz CT molecular complexity index is 754. The van der Waals surface area contributed by atoms with Crippen LogP contribution in [0, 0.1) is 6.92 Å². The van der Waals surface area contributed by atoms with Crippen molar-refractivity contribution in [1.29, 1.82) is 0 Å². The zero-order valence-corrected chi connectivity index (χ0v) is 11.0. The molecule has 0 unspecified atom stereocenters. The highest BCUT2D eigenvalue weighted by atomic mass is 16.1. The number of carbonyl (C=O) groups is 1. The van der Waals surface area contributed by atoms with Gasteiger partial charge in [0.15, 0.2) is 0 Å². The van der Waals surface area contributed by atoms with E-state index in [0.29, 0.717) is 5.56 Å². The number of anilines is 1. The highest BCUT2D eigenvalue weighted by molar-refractivity contribution is 6.12. The quantitative estimate of drug-likeness (QED) is 0.732. The second-order valence-electron chi connectivity index (χ2n) is 4.68. The van der Waals surface area contributed by atoms with Gasteiger partial charge >= 0.3 is 0 Å². The number of carbonyl (C=O) groups excluding carboxylic acids is 1. The maximum absolute atomic E-state index is 12.4. The van der Waals surface area contributed by atoms with E-state index in [1.54, 1.807) is 0 Å². The molecule has 0 aliphatic heterocycles. The summed E-state index contributed by atoms with van der Waals surface area (Å²) >= 11 is 0. The Hall–Kier alpha value is -2.61. The molecular formula is C18H14NO. The molecule has 0 bridgehead atoms. The SMILES string of the molecule is [CH2]c1ccc(NC(=O)c2cccc3ccccc23)cc1. The molecule has 0 heterocycles. The van der Waals surface area contributed by atoms with Crippen molar-refractivity contribution in [3.63, 3.8) is 0 Å². The van der Waals surface area contributed by atoms with Crippen molar-refractivity contribution in [2.24, 2.45) is 0 Å². The van der Waals surface area contributed by atoms with Gasteiger partial charge in [0.05, 0.1) is 0 Å². The predicted molar refractivity (Wildman–Crippen MR) is 82.8 cm³/mol. The van der Waals surface area contributed by atoms with E-state index in [2.05, 4.69) is 12.2 Å². The lowest BCUT2D eigenvalue weighted by Crippen LogP contribution is -2.12. The van der Waals surface area contributed by atoms with Crippen LogP contribution >= 0.6 is 0 Å². The normalized spacial score (nSPS) is 10.4. The van der Waals surface area contributed by atoms with Gasteiger partial charge in [0, 0.05) is 11.3 Å². The Labute approximate surface area is 118 Å². The van der Waals surface area contributed by atoms with Crippen LogP contribution in [0.4, 0.5) is 5.69 Å². The number of hydrogen-bond donors (Lipinski definition) is 1. The van der Waals surface area contributed by atoms with Crippen molar-refractivity contribution in [2.45, 2.75) is 0 Å². The molecule has 2 nitrogen and oxygen atoms in total. The summed E-state index contributed by atoms with van der Waals surface area (Å²) in [5, 5.41) is 4.93. The van der Waals surface area contributed by atoms with E-state index >= 15 is 0 Å². The monoisotopic (exact) mass is 260 g/mol. The smallest absolute Gasteiger partial charge is 0.256 e.